The fraction of sp³-hybridized carbons (Fsp3) is 0.583. The van der Waals surface area contributed by atoms with Crippen molar-refractivity contribution >= 4 is 5.91 Å². The van der Waals surface area contributed by atoms with E-state index in [2.05, 4.69) is 0 Å². The third-order valence-corrected chi connectivity index (χ3v) is 3.32. The van der Waals surface area contributed by atoms with Crippen LogP contribution in [0.5, 0.6) is 0 Å². The van der Waals surface area contributed by atoms with Crippen LogP contribution >= 0.6 is 0 Å². The number of piperidine rings is 1. The van der Waals surface area contributed by atoms with Crippen molar-refractivity contribution in [2.75, 3.05) is 13.1 Å². The topological polar surface area (TPSA) is 59.5 Å². The first-order valence-corrected chi connectivity index (χ1v) is 6.06. The zero-order valence-electron chi connectivity index (χ0n) is 10.2. The van der Waals surface area contributed by atoms with Crippen molar-refractivity contribution in [1.29, 1.82) is 0 Å². The van der Waals surface area contributed by atoms with Crippen LogP contribution in [0.25, 0.3) is 0 Å². The van der Waals surface area contributed by atoms with Gasteiger partial charge in [0.05, 0.1) is 12.5 Å². The highest BCUT2D eigenvalue weighted by Gasteiger charge is 2.41. The number of alkyl halides is 3. The van der Waals surface area contributed by atoms with E-state index in [1.165, 1.54) is 11.0 Å². The second kappa shape index (κ2) is 5.24. The summed E-state index contributed by atoms with van der Waals surface area (Å²) in [4.78, 5) is 13.4. The first-order valence-electron chi connectivity index (χ1n) is 6.06. The number of carbonyl (C=O) groups excluding carboxylic acids is 1. The molecule has 2 N–H and O–H groups in total. The molecule has 1 aliphatic rings. The van der Waals surface area contributed by atoms with E-state index in [-0.39, 0.29) is 44.1 Å². The summed E-state index contributed by atoms with van der Waals surface area (Å²) in [5.41, 5.74) is 5.36. The quantitative estimate of drug-likeness (QED) is 0.900. The van der Waals surface area contributed by atoms with Gasteiger partial charge in [-0.2, -0.15) is 13.2 Å². The highest BCUT2D eigenvalue weighted by Crippen LogP contribution is 2.34. The molecule has 0 radical (unpaired) electrons. The van der Waals surface area contributed by atoms with Crippen LogP contribution in [0.1, 0.15) is 29.2 Å². The predicted octanol–water partition coefficient (Wildman–Crippen LogP) is 2.15. The summed E-state index contributed by atoms with van der Waals surface area (Å²) >= 11 is 0. The van der Waals surface area contributed by atoms with Crippen LogP contribution in [0.2, 0.25) is 0 Å². The lowest BCUT2D eigenvalue weighted by atomic mass is 9.96. The van der Waals surface area contributed by atoms with Crippen LogP contribution in [-0.2, 0) is 6.54 Å². The summed E-state index contributed by atoms with van der Waals surface area (Å²) in [5.74, 6) is -1.08. The van der Waals surface area contributed by atoms with Crippen molar-refractivity contribution in [3.8, 4) is 0 Å². The second-order valence-corrected chi connectivity index (χ2v) is 4.58. The Hall–Kier alpha value is -1.50. The minimum absolute atomic E-state index is 0.0559. The van der Waals surface area contributed by atoms with Gasteiger partial charge in [0.25, 0.3) is 5.91 Å². The number of halogens is 3. The SMILES string of the molecule is NCc1ccc(C(=O)N2CCC(C(F)(F)F)CC2)o1. The average molecular weight is 276 g/mol. The van der Waals surface area contributed by atoms with Crippen LogP contribution < -0.4 is 5.73 Å². The van der Waals surface area contributed by atoms with Crippen LogP contribution in [-0.4, -0.2) is 30.1 Å². The standard InChI is InChI=1S/C12H15F3N2O2/c13-12(14,15)8-3-5-17(6-4-8)11(18)10-2-1-9(7-16)19-10/h1-2,8H,3-7,16H2. The molecule has 0 spiro atoms. The monoisotopic (exact) mass is 276 g/mol. The van der Waals surface area contributed by atoms with E-state index in [4.69, 9.17) is 10.2 Å². The van der Waals surface area contributed by atoms with Crippen LogP contribution in [0, 0.1) is 5.92 Å². The number of hydrogen-bond donors (Lipinski definition) is 1. The Morgan fingerprint density at radius 2 is 2.00 bits per heavy atom. The van der Waals surface area contributed by atoms with Crippen molar-refractivity contribution in [2.24, 2.45) is 11.7 Å². The Balaban J connectivity index is 1.96. The molecule has 1 fully saturated rings. The number of amides is 1. The van der Waals surface area contributed by atoms with E-state index in [9.17, 15) is 18.0 Å². The van der Waals surface area contributed by atoms with E-state index in [1.54, 1.807) is 6.07 Å². The normalized spacial score (nSPS) is 17.8. The average Bonchev–Trinajstić information content (AvgIpc) is 2.86. The first-order chi connectivity index (χ1) is 8.91. The van der Waals surface area contributed by atoms with E-state index in [0.717, 1.165) is 0 Å². The maximum absolute atomic E-state index is 12.5. The zero-order chi connectivity index (χ0) is 14.0. The summed E-state index contributed by atoms with van der Waals surface area (Å²) in [6.45, 7) is 0.382. The number of nitrogens with two attached hydrogens (primary N) is 1. The van der Waals surface area contributed by atoms with Crippen molar-refractivity contribution in [2.45, 2.75) is 25.6 Å². The molecular weight excluding hydrogens is 261 g/mol. The molecule has 2 heterocycles. The molecule has 0 saturated carbocycles. The van der Waals surface area contributed by atoms with Gasteiger partial charge in [-0.3, -0.25) is 4.79 Å². The Kier molecular flexibility index (Phi) is 3.84. The third-order valence-electron chi connectivity index (χ3n) is 3.32. The summed E-state index contributed by atoms with van der Waals surface area (Å²) in [5, 5.41) is 0. The van der Waals surface area contributed by atoms with Gasteiger partial charge in [-0.05, 0) is 25.0 Å². The van der Waals surface area contributed by atoms with Gasteiger partial charge in [0, 0.05) is 13.1 Å². The fourth-order valence-corrected chi connectivity index (χ4v) is 2.17. The summed E-state index contributed by atoms with van der Waals surface area (Å²) in [7, 11) is 0. The highest BCUT2D eigenvalue weighted by atomic mass is 19.4. The molecule has 1 aromatic heterocycles. The fourth-order valence-electron chi connectivity index (χ4n) is 2.17. The molecule has 2 rings (SSSR count). The van der Waals surface area contributed by atoms with Gasteiger partial charge in [0.2, 0.25) is 0 Å². The van der Waals surface area contributed by atoms with E-state index < -0.39 is 12.1 Å². The molecule has 1 saturated heterocycles. The molecule has 0 aromatic carbocycles. The Bertz CT molecular complexity index is 448. The molecule has 1 aromatic rings. The molecule has 4 nitrogen and oxygen atoms in total. The smallest absolute Gasteiger partial charge is 0.391 e. The van der Waals surface area contributed by atoms with Gasteiger partial charge in [0.15, 0.2) is 5.76 Å². The Labute approximate surface area is 108 Å². The predicted molar refractivity (Wildman–Crippen MR) is 61.3 cm³/mol. The van der Waals surface area contributed by atoms with Gasteiger partial charge in [-0.1, -0.05) is 0 Å². The molecular formula is C12H15F3N2O2. The van der Waals surface area contributed by atoms with E-state index >= 15 is 0 Å². The molecule has 106 valence electrons. The molecule has 0 unspecified atom stereocenters. The Morgan fingerprint density at radius 1 is 1.37 bits per heavy atom. The molecule has 7 heteroatoms. The van der Waals surface area contributed by atoms with Gasteiger partial charge in [-0.25, -0.2) is 0 Å². The number of hydrogen-bond acceptors (Lipinski definition) is 3. The molecule has 1 amide bonds. The number of furan rings is 1. The van der Waals surface area contributed by atoms with Crippen LogP contribution in [0.4, 0.5) is 13.2 Å². The van der Waals surface area contributed by atoms with Gasteiger partial charge < -0.3 is 15.1 Å². The Morgan fingerprint density at radius 3 is 2.47 bits per heavy atom. The zero-order valence-corrected chi connectivity index (χ0v) is 10.2. The van der Waals surface area contributed by atoms with Gasteiger partial charge in [-0.15, -0.1) is 0 Å². The molecule has 0 bridgehead atoms. The van der Waals surface area contributed by atoms with Crippen molar-refractivity contribution in [3.63, 3.8) is 0 Å². The maximum Gasteiger partial charge on any atom is 0.391 e. The highest BCUT2D eigenvalue weighted by molar-refractivity contribution is 5.91. The van der Waals surface area contributed by atoms with E-state index in [1.807, 2.05) is 0 Å². The summed E-state index contributed by atoms with van der Waals surface area (Å²) in [6.07, 6.45) is -4.29. The van der Waals surface area contributed by atoms with Crippen LogP contribution in [0.3, 0.4) is 0 Å². The molecule has 0 aliphatic carbocycles. The second-order valence-electron chi connectivity index (χ2n) is 4.58. The molecule has 19 heavy (non-hydrogen) atoms. The van der Waals surface area contributed by atoms with Gasteiger partial charge >= 0.3 is 6.18 Å². The first kappa shape index (κ1) is 13.9. The van der Waals surface area contributed by atoms with Crippen LogP contribution in [0.15, 0.2) is 16.5 Å². The van der Waals surface area contributed by atoms with E-state index in [0.29, 0.717) is 5.76 Å². The summed E-state index contributed by atoms with van der Waals surface area (Å²) in [6, 6.07) is 3.09. The largest absolute Gasteiger partial charge is 0.455 e. The lowest BCUT2D eigenvalue weighted by Gasteiger charge is -2.32. The number of rotatable bonds is 2. The lowest BCUT2D eigenvalue weighted by molar-refractivity contribution is -0.183. The van der Waals surface area contributed by atoms with Crippen molar-refractivity contribution in [1.82, 2.24) is 4.90 Å². The molecule has 0 atom stereocenters. The summed E-state index contributed by atoms with van der Waals surface area (Å²) < 4.78 is 42.7. The number of carbonyl (C=O) groups is 1. The molecule has 1 aliphatic heterocycles. The maximum atomic E-state index is 12.5. The lowest BCUT2D eigenvalue weighted by Crippen LogP contribution is -2.42. The third kappa shape index (κ3) is 3.09. The van der Waals surface area contributed by atoms with Crippen molar-refractivity contribution in [3.05, 3.63) is 23.7 Å². The van der Waals surface area contributed by atoms with Gasteiger partial charge in [0.1, 0.15) is 5.76 Å². The minimum atomic E-state index is -4.17. The number of likely N-dealkylation sites (tertiary alicyclic amines) is 1. The van der Waals surface area contributed by atoms with Crippen molar-refractivity contribution < 1.29 is 22.4 Å². The number of nitrogens with zero attached hydrogens (tertiary/aromatic N) is 1. The minimum Gasteiger partial charge on any atom is -0.455 e.